The van der Waals surface area contributed by atoms with E-state index in [1.165, 1.54) is 12.3 Å². The highest BCUT2D eigenvalue weighted by atomic mass is 79.9. The summed E-state index contributed by atoms with van der Waals surface area (Å²) in [6, 6.07) is 2.62. The molecule has 0 saturated carbocycles. The number of urea groups is 1. The normalized spacial score (nSPS) is 18.6. The molecule has 28 heavy (non-hydrogen) atoms. The van der Waals surface area contributed by atoms with E-state index in [0.717, 1.165) is 11.3 Å². The number of anilines is 1. The van der Waals surface area contributed by atoms with Crippen molar-refractivity contribution in [2.24, 2.45) is 0 Å². The second-order valence-electron chi connectivity index (χ2n) is 6.59. The molecule has 0 saturated heterocycles. The maximum Gasteiger partial charge on any atom is 0.322 e. The molecule has 1 aliphatic rings. The Balaban J connectivity index is 1.65. The van der Waals surface area contributed by atoms with Gasteiger partial charge in [0.2, 0.25) is 0 Å². The van der Waals surface area contributed by atoms with E-state index in [-0.39, 0.29) is 22.3 Å². The molecular formula is C18H17BrFN7O. The first-order chi connectivity index (χ1) is 13.5. The van der Waals surface area contributed by atoms with Crippen molar-refractivity contribution in [2.75, 3.05) is 5.32 Å². The van der Waals surface area contributed by atoms with E-state index >= 15 is 0 Å². The Kier molecular flexibility index (Phi) is 4.80. The molecule has 4 rings (SSSR count). The number of pyridine rings is 1. The second kappa shape index (κ2) is 7.27. The summed E-state index contributed by atoms with van der Waals surface area (Å²) in [5.74, 6) is -0.115. The predicted octanol–water partition coefficient (Wildman–Crippen LogP) is 3.70. The molecular weight excluding hydrogens is 429 g/mol. The molecule has 3 aromatic heterocycles. The Morgan fingerprint density at radius 2 is 2.04 bits per heavy atom. The maximum absolute atomic E-state index is 14.2. The number of rotatable bonds is 2. The first-order valence-corrected chi connectivity index (χ1v) is 9.48. The number of carbonyl (C=O) groups excluding carboxylic acids is 1. The van der Waals surface area contributed by atoms with Crippen LogP contribution in [0.1, 0.15) is 31.0 Å². The fourth-order valence-corrected chi connectivity index (χ4v) is 3.63. The van der Waals surface area contributed by atoms with Crippen LogP contribution < -0.4 is 5.32 Å². The van der Waals surface area contributed by atoms with Gasteiger partial charge in [0.15, 0.2) is 11.6 Å². The summed E-state index contributed by atoms with van der Waals surface area (Å²) in [4.78, 5) is 26.9. The van der Waals surface area contributed by atoms with Crippen molar-refractivity contribution in [3.8, 4) is 11.5 Å². The highest BCUT2D eigenvalue weighted by Crippen LogP contribution is 2.36. The van der Waals surface area contributed by atoms with Crippen LogP contribution in [0.25, 0.3) is 11.5 Å². The smallest absolute Gasteiger partial charge is 0.317 e. The third-order valence-electron chi connectivity index (χ3n) is 5.01. The summed E-state index contributed by atoms with van der Waals surface area (Å²) in [5.41, 5.74) is 2.50. The summed E-state index contributed by atoms with van der Waals surface area (Å²) < 4.78 is 14.3. The molecule has 144 valence electrons. The van der Waals surface area contributed by atoms with Gasteiger partial charge in [-0.05, 0) is 35.0 Å². The topological polar surface area (TPSA) is 99.7 Å². The van der Waals surface area contributed by atoms with Crippen molar-refractivity contribution in [2.45, 2.75) is 32.4 Å². The largest absolute Gasteiger partial charge is 0.322 e. The van der Waals surface area contributed by atoms with Gasteiger partial charge in [-0.15, -0.1) is 0 Å². The fourth-order valence-electron chi connectivity index (χ4n) is 3.30. The van der Waals surface area contributed by atoms with E-state index in [9.17, 15) is 9.18 Å². The quantitative estimate of drug-likeness (QED) is 0.585. The standard InChI is InChI=1S/C18H17BrFN7O/c1-9-10(2)27(18(28)24-12-4-7-21-16(19)13(12)20)8-11-14(9)25-26-15(11)17-22-5-3-6-23-17/h3-7,9-10H,8H2,1-2H3,(H,25,26)(H,21,24,28). The lowest BCUT2D eigenvalue weighted by Crippen LogP contribution is -2.46. The molecule has 8 nitrogen and oxygen atoms in total. The molecule has 0 aliphatic carbocycles. The maximum atomic E-state index is 14.2. The second-order valence-corrected chi connectivity index (χ2v) is 7.34. The molecule has 2 amide bonds. The Bertz CT molecular complexity index is 1030. The molecule has 0 aromatic carbocycles. The number of halogens is 2. The van der Waals surface area contributed by atoms with Crippen LogP contribution in [0.15, 0.2) is 35.3 Å². The molecule has 0 bridgehead atoms. The lowest BCUT2D eigenvalue weighted by atomic mass is 9.90. The van der Waals surface area contributed by atoms with Crippen molar-refractivity contribution < 1.29 is 9.18 Å². The molecule has 1 aliphatic heterocycles. The van der Waals surface area contributed by atoms with E-state index in [1.807, 2.05) is 13.8 Å². The fraction of sp³-hybridized carbons (Fsp3) is 0.278. The Morgan fingerprint density at radius 1 is 1.29 bits per heavy atom. The van der Waals surface area contributed by atoms with Crippen molar-refractivity contribution in [1.29, 1.82) is 0 Å². The van der Waals surface area contributed by atoms with Crippen LogP contribution in [0.2, 0.25) is 0 Å². The molecule has 0 radical (unpaired) electrons. The van der Waals surface area contributed by atoms with Gasteiger partial charge in [-0.1, -0.05) is 6.92 Å². The van der Waals surface area contributed by atoms with Crippen molar-refractivity contribution in [3.63, 3.8) is 0 Å². The summed E-state index contributed by atoms with van der Waals surface area (Å²) in [7, 11) is 0. The minimum atomic E-state index is -0.615. The van der Waals surface area contributed by atoms with Crippen LogP contribution in [0.5, 0.6) is 0 Å². The van der Waals surface area contributed by atoms with Gasteiger partial charge in [0.05, 0.1) is 17.9 Å². The van der Waals surface area contributed by atoms with Gasteiger partial charge in [-0.25, -0.2) is 24.1 Å². The SMILES string of the molecule is CC1c2n[nH]c(-c3ncccn3)c2CN(C(=O)Nc2ccnc(Br)c2F)C1C. The van der Waals surface area contributed by atoms with Crippen molar-refractivity contribution in [3.05, 3.63) is 52.4 Å². The van der Waals surface area contributed by atoms with Crippen LogP contribution in [0.3, 0.4) is 0 Å². The van der Waals surface area contributed by atoms with E-state index < -0.39 is 11.8 Å². The molecule has 3 aromatic rings. The number of hydrogen-bond donors (Lipinski definition) is 2. The first kappa shape index (κ1) is 18.5. The van der Waals surface area contributed by atoms with Crippen molar-refractivity contribution >= 4 is 27.6 Å². The van der Waals surface area contributed by atoms with Crippen LogP contribution in [0.4, 0.5) is 14.9 Å². The van der Waals surface area contributed by atoms with E-state index in [2.05, 4.69) is 46.4 Å². The number of H-pyrrole nitrogens is 1. The number of carbonyl (C=O) groups is 1. The van der Waals surface area contributed by atoms with E-state index in [4.69, 9.17) is 0 Å². The highest BCUT2D eigenvalue weighted by Gasteiger charge is 2.36. The minimum absolute atomic E-state index is 0.0164. The summed E-state index contributed by atoms with van der Waals surface area (Å²) >= 11 is 3.03. The monoisotopic (exact) mass is 445 g/mol. The van der Waals surface area contributed by atoms with Gasteiger partial charge in [0.25, 0.3) is 0 Å². The number of nitrogens with zero attached hydrogens (tertiary/aromatic N) is 5. The van der Waals surface area contributed by atoms with Gasteiger partial charge >= 0.3 is 6.03 Å². The molecule has 0 spiro atoms. The highest BCUT2D eigenvalue weighted by molar-refractivity contribution is 9.10. The third kappa shape index (κ3) is 3.13. The summed E-state index contributed by atoms with van der Waals surface area (Å²) in [5, 5.41) is 10.1. The molecule has 4 heterocycles. The first-order valence-electron chi connectivity index (χ1n) is 8.69. The Labute approximate surface area is 168 Å². The van der Waals surface area contributed by atoms with Gasteiger partial charge in [0, 0.05) is 36.1 Å². The molecule has 0 fully saturated rings. The number of fused-ring (bicyclic) bond motifs is 1. The van der Waals surface area contributed by atoms with Crippen LogP contribution in [-0.4, -0.2) is 42.1 Å². The van der Waals surface area contributed by atoms with Crippen LogP contribution in [-0.2, 0) is 6.54 Å². The number of nitrogens with one attached hydrogen (secondary N) is 2. The summed E-state index contributed by atoms with van der Waals surface area (Å²) in [6.07, 6.45) is 4.72. The van der Waals surface area contributed by atoms with Gasteiger partial charge < -0.3 is 10.2 Å². The van der Waals surface area contributed by atoms with Gasteiger partial charge in [0.1, 0.15) is 10.3 Å². The Hall–Kier alpha value is -2.88. The average Bonchev–Trinajstić information content (AvgIpc) is 3.13. The molecule has 2 N–H and O–H groups in total. The lowest BCUT2D eigenvalue weighted by Gasteiger charge is -2.37. The zero-order valence-electron chi connectivity index (χ0n) is 15.1. The molecule has 10 heteroatoms. The minimum Gasteiger partial charge on any atom is -0.317 e. The number of aromatic nitrogens is 5. The number of amides is 2. The third-order valence-corrected chi connectivity index (χ3v) is 5.57. The molecule has 2 atom stereocenters. The predicted molar refractivity (Wildman–Crippen MR) is 104 cm³/mol. The van der Waals surface area contributed by atoms with Crippen LogP contribution >= 0.6 is 15.9 Å². The Morgan fingerprint density at radius 3 is 2.79 bits per heavy atom. The zero-order chi connectivity index (χ0) is 19.8. The van der Waals surface area contributed by atoms with Crippen molar-refractivity contribution in [1.82, 2.24) is 30.0 Å². The van der Waals surface area contributed by atoms with Gasteiger partial charge in [-0.3, -0.25) is 5.10 Å². The molecule has 2 unspecified atom stereocenters. The number of hydrogen-bond acceptors (Lipinski definition) is 5. The van der Waals surface area contributed by atoms with Crippen LogP contribution in [0, 0.1) is 5.82 Å². The zero-order valence-corrected chi connectivity index (χ0v) is 16.7. The lowest BCUT2D eigenvalue weighted by molar-refractivity contribution is 0.171. The average molecular weight is 446 g/mol. The van der Waals surface area contributed by atoms with Gasteiger partial charge in [-0.2, -0.15) is 5.10 Å². The van der Waals surface area contributed by atoms with E-state index in [0.29, 0.717) is 18.1 Å². The summed E-state index contributed by atoms with van der Waals surface area (Å²) in [6.45, 7) is 4.26. The number of aromatic amines is 1. The van der Waals surface area contributed by atoms with E-state index in [1.54, 1.807) is 23.4 Å².